The van der Waals surface area contributed by atoms with Crippen LogP contribution >= 0.6 is 0 Å². The van der Waals surface area contributed by atoms with E-state index < -0.39 is 11.7 Å². The van der Waals surface area contributed by atoms with Crippen molar-refractivity contribution < 1.29 is 30.0 Å². The van der Waals surface area contributed by atoms with E-state index in [0.29, 0.717) is 34.2 Å². The van der Waals surface area contributed by atoms with Crippen molar-refractivity contribution in [3.8, 4) is 23.0 Å². The molecular formula is C32H29NO6. The first-order valence-electron chi connectivity index (χ1n) is 11.8. The number of phenolic OH excluding ortho intramolecular Hbond substituents is 4. The van der Waals surface area contributed by atoms with Crippen molar-refractivity contribution in [3.63, 3.8) is 0 Å². The van der Waals surface area contributed by atoms with Crippen LogP contribution in [0.4, 0.5) is 5.69 Å². The van der Waals surface area contributed by atoms with Crippen molar-refractivity contribution in [2.24, 2.45) is 0 Å². The van der Waals surface area contributed by atoms with Gasteiger partial charge in [0.2, 0.25) is 0 Å². The van der Waals surface area contributed by atoms with Gasteiger partial charge in [-0.2, -0.15) is 0 Å². The third-order valence-electron chi connectivity index (χ3n) is 4.65. The predicted molar refractivity (Wildman–Crippen MR) is 152 cm³/mol. The molecule has 0 saturated heterocycles. The van der Waals surface area contributed by atoms with Crippen molar-refractivity contribution in [1.29, 1.82) is 0 Å². The van der Waals surface area contributed by atoms with Crippen LogP contribution < -0.4 is 5.32 Å². The SMILES string of the molecule is O=C1Nc2ccccc2C1=O.Oc1ccccc1.Oc1ccccc1.Oc1ccccc1.Oc1ccccc1. The quantitative estimate of drug-likeness (QED) is 0.150. The number of carbonyl (C=O) groups excluding carboxylic acids is 2. The standard InChI is InChI=1S/C8H5NO2.4C6H6O/c10-7-5-3-1-2-4-6(5)9-8(7)11;4*7-6-4-2-1-3-5-6/h1-4H,(H,9,10,11);4*1-5,7H. The van der Waals surface area contributed by atoms with Gasteiger partial charge in [0.25, 0.3) is 11.7 Å². The molecule has 0 atom stereocenters. The first-order chi connectivity index (χ1) is 18.9. The molecule has 198 valence electrons. The Kier molecular flexibility index (Phi) is 12.9. The fraction of sp³-hybridized carbons (Fsp3) is 0. The van der Waals surface area contributed by atoms with Gasteiger partial charge in [-0.25, -0.2) is 0 Å². The highest BCUT2D eigenvalue weighted by atomic mass is 16.3. The molecule has 5 aromatic carbocycles. The van der Waals surface area contributed by atoms with Crippen molar-refractivity contribution in [3.05, 3.63) is 151 Å². The molecule has 0 spiro atoms. The molecule has 39 heavy (non-hydrogen) atoms. The van der Waals surface area contributed by atoms with Gasteiger partial charge >= 0.3 is 0 Å². The average Bonchev–Trinajstić information content (AvgIpc) is 3.25. The maximum atomic E-state index is 11.0. The summed E-state index contributed by atoms with van der Waals surface area (Å²) < 4.78 is 0. The van der Waals surface area contributed by atoms with Crippen LogP contribution in [0.25, 0.3) is 0 Å². The number of aromatic hydroxyl groups is 4. The maximum absolute atomic E-state index is 11.0. The van der Waals surface area contributed by atoms with Crippen molar-refractivity contribution in [2.75, 3.05) is 5.32 Å². The summed E-state index contributed by atoms with van der Waals surface area (Å²) in [6, 6.07) is 41.7. The number of anilines is 1. The number of Topliss-reactive ketones (excluding diaryl/α,β-unsaturated/α-hetero) is 1. The highest BCUT2D eigenvalue weighted by Crippen LogP contribution is 2.21. The van der Waals surface area contributed by atoms with Crippen molar-refractivity contribution in [1.82, 2.24) is 0 Å². The lowest BCUT2D eigenvalue weighted by molar-refractivity contribution is -0.112. The van der Waals surface area contributed by atoms with Crippen LogP contribution in [0.15, 0.2) is 146 Å². The predicted octanol–water partition coefficient (Wildman–Crippen LogP) is 6.39. The Balaban J connectivity index is 0.000000174. The Morgan fingerprint density at radius 3 is 0.923 bits per heavy atom. The fourth-order valence-electron chi connectivity index (χ4n) is 2.80. The molecule has 0 bridgehead atoms. The number of rotatable bonds is 0. The number of ketones is 1. The zero-order valence-electron chi connectivity index (χ0n) is 21.0. The maximum Gasteiger partial charge on any atom is 0.296 e. The summed E-state index contributed by atoms with van der Waals surface area (Å²) in [6.07, 6.45) is 0. The molecule has 1 aliphatic rings. The van der Waals surface area contributed by atoms with Crippen LogP contribution in [-0.4, -0.2) is 32.1 Å². The minimum Gasteiger partial charge on any atom is -0.508 e. The lowest BCUT2D eigenvalue weighted by Crippen LogP contribution is -2.12. The second-order valence-electron chi connectivity index (χ2n) is 7.67. The van der Waals surface area contributed by atoms with Gasteiger partial charge in [0.05, 0.1) is 11.3 Å². The molecule has 7 heteroatoms. The molecule has 5 N–H and O–H groups in total. The lowest BCUT2D eigenvalue weighted by Gasteiger charge is -1.91. The number of fused-ring (bicyclic) bond motifs is 1. The molecule has 6 rings (SSSR count). The summed E-state index contributed by atoms with van der Waals surface area (Å²) >= 11 is 0. The largest absolute Gasteiger partial charge is 0.508 e. The molecule has 7 nitrogen and oxygen atoms in total. The molecule has 0 saturated carbocycles. The number of benzene rings is 5. The first kappa shape index (κ1) is 29.7. The highest BCUT2D eigenvalue weighted by molar-refractivity contribution is 6.51. The van der Waals surface area contributed by atoms with E-state index in [9.17, 15) is 9.59 Å². The molecule has 1 heterocycles. The van der Waals surface area contributed by atoms with E-state index in [1.807, 2.05) is 24.3 Å². The van der Waals surface area contributed by atoms with E-state index >= 15 is 0 Å². The van der Waals surface area contributed by atoms with Gasteiger partial charge in [-0.3, -0.25) is 9.59 Å². The number of hydrogen-bond donors (Lipinski definition) is 5. The Morgan fingerprint density at radius 1 is 0.385 bits per heavy atom. The van der Waals surface area contributed by atoms with Gasteiger partial charge in [0, 0.05) is 0 Å². The number of hydrogen-bond acceptors (Lipinski definition) is 6. The van der Waals surface area contributed by atoms with E-state index in [-0.39, 0.29) is 0 Å². The Labute approximate surface area is 226 Å². The van der Waals surface area contributed by atoms with Gasteiger partial charge in [-0.1, -0.05) is 84.9 Å². The number of phenols is 4. The van der Waals surface area contributed by atoms with E-state index in [1.165, 1.54) is 0 Å². The normalized spacial score (nSPS) is 10.3. The van der Waals surface area contributed by atoms with E-state index in [2.05, 4.69) is 5.32 Å². The topological polar surface area (TPSA) is 127 Å². The van der Waals surface area contributed by atoms with Gasteiger partial charge < -0.3 is 25.7 Å². The molecule has 1 amide bonds. The minimum atomic E-state index is -0.536. The third kappa shape index (κ3) is 12.3. The van der Waals surface area contributed by atoms with Crippen LogP contribution in [0.5, 0.6) is 23.0 Å². The summed E-state index contributed by atoms with van der Waals surface area (Å²) in [6.45, 7) is 0. The minimum absolute atomic E-state index is 0.322. The molecule has 0 fully saturated rings. The number of nitrogens with one attached hydrogen (secondary N) is 1. The van der Waals surface area contributed by atoms with Crippen LogP contribution in [0.3, 0.4) is 0 Å². The van der Waals surface area contributed by atoms with Crippen LogP contribution in [0.2, 0.25) is 0 Å². The molecule has 0 aromatic heterocycles. The number of carbonyl (C=O) groups is 2. The van der Waals surface area contributed by atoms with Crippen molar-refractivity contribution >= 4 is 17.4 Å². The highest BCUT2D eigenvalue weighted by Gasteiger charge is 2.26. The Bertz CT molecular complexity index is 1230. The smallest absolute Gasteiger partial charge is 0.296 e. The molecular weight excluding hydrogens is 494 g/mol. The van der Waals surface area contributed by atoms with Gasteiger partial charge in [0.15, 0.2) is 0 Å². The lowest BCUT2D eigenvalue weighted by atomic mass is 10.1. The molecule has 0 unspecified atom stereocenters. The summed E-state index contributed by atoms with van der Waals surface area (Å²) in [5, 5.41) is 37.0. The van der Waals surface area contributed by atoms with Gasteiger partial charge in [-0.15, -0.1) is 0 Å². The fourth-order valence-corrected chi connectivity index (χ4v) is 2.80. The number of amides is 1. The van der Waals surface area contributed by atoms with Crippen LogP contribution in [0.1, 0.15) is 10.4 Å². The second-order valence-corrected chi connectivity index (χ2v) is 7.67. The zero-order chi connectivity index (χ0) is 28.3. The first-order valence-corrected chi connectivity index (χ1v) is 11.8. The summed E-state index contributed by atoms with van der Waals surface area (Å²) in [5.74, 6) is 0.307. The molecule has 5 aromatic rings. The molecule has 1 aliphatic heterocycles. The van der Waals surface area contributed by atoms with Gasteiger partial charge in [-0.05, 0) is 60.7 Å². The van der Waals surface area contributed by atoms with Crippen LogP contribution in [-0.2, 0) is 4.79 Å². The van der Waals surface area contributed by atoms with Crippen LogP contribution in [0, 0.1) is 0 Å². The Hall–Kier alpha value is -5.56. The van der Waals surface area contributed by atoms with E-state index in [0.717, 1.165) is 0 Å². The summed E-state index contributed by atoms with van der Waals surface area (Å²) in [5.41, 5.74) is 1.08. The second kappa shape index (κ2) is 17.0. The number of para-hydroxylation sites is 5. The van der Waals surface area contributed by atoms with Crippen molar-refractivity contribution in [2.45, 2.75) is 0 Å². The average molecular weight is 524 g/mol. The van der Waals surface area contributed by atoms with Gasteiger partial charge in [0.1, 0.15) is 23.0 Å². The Morgan fingerprint density at radius 2 is 0.667 bits per heavy atom. The monoisotopic (exact) mass is 523 g/mol. The zero-order valence-corrected chi connectivity index (χ0v) is 21.0. The summed E-state index contributed by atoms with van der Waals surface area (Å²) in [7, 11) is 0. The molecule has 0 aliphatic carbocycles. The summed E-state index contributed by atoms with van der Waals surface area (Å²) in [4.78, 5) is 21.8. The van der Waals surface area contributed by atoms with E-state index in [4.69, 9.17) is 20.4 Å². The third-order valence-corrected chi connectivity index (χ3v) is 4.65. The van der Waals surface area contributed by atoms with E-state index in [1.54, 1.807) is 121 Å². The molecule has 0 radical (unpaired) electrons.